The van der Waals surface area contributed by atoms with Gasteiger partial charge in [-0.05, 0) is 30.7 Å². The zero-order valence-electron chi connectivity index (χ0n) is 14.0. The van der Waals surface area contributed by atoms with E-state index in [1.807, 2.05) is 53.1 Å². The molecule has 25 heavy (non-hydrogen) atoms. The van der Waals surface area contributed by atoms with E-state index in [4.69, 9.17) is 9.47 Å². The summed E-state index contributed by atoms with van der Waals surface area (Å²) in [6.07, 6.45) is 1.02. The SMILES string of the molecule is CC[C@H]1CN(C(=O)Nc2ccc3c(c2)OCCO3)c2ccccc2S1. The lowest BCUT2D eigenvalue weighted by Gasteiger charge is -2.33. The van der Waals surface area contributed by atoms with Gasteiger partial charge >= 0.3 is 6.03 Å². The first kappa shape index (κ1) is 16.1. The van der Waals surface area contributed by atoms with Crippen LogP contribution in [0.2, 0.25) is 0 Å². The largest absolute Gasteiger partial charge is 0.486 e. The molecule has 2 aliphatic heterocycles. The Morgan fingerprint density at radius 1 is 1.20 bits per heavy atom. The number of fused-ring (bicyclic) bond motifs is 2. The van der Waals surface area contributed by atoms with Gasteiger partial charge < -0.3 is 14.8 Å². The zero-order valence-corrected chi connectivity index (χ0v) is 14.8. The second-order valence-corrected chi connectivity index (χ2v) is 7.36. The number of benzene rings is 2. The maximum atomic E-state index is 12.9. The summed E-state index contributed by atoms with van der Waals surface area (Å²) in [5.41, 5.74) is 1.67. The summed E-state index contributed by atoms with van der Waals surface area (Å²) in [4.78, 5) is 15.9. The Hall–Kier alpha value is -2.34. The first-order valence-electron chi connectivity index (χ1n) is 8.48. The number of hydrogen-bond acceptors (Lipinski definition) is 4. The average molecular weight is 356 g/mol. The van der Waals surface area contributed by atoms with Crippen molar-refractivity contribution >= 4 is 29.2 Å². The average Bonchev–Trinajstić information content (AvgIpc) is 2.67. The van der Waals surface area contributed by atoms with E-state index < -0.39 is 0 Å². The second kappa shape index (κ2) is 6.88. The Balaban J connectivity index is 1.56. The molecule has 1 N–H and O–H groups in total. The van der Waals surface area contributed by atoms with Crippen LogP contribution in [-0.4, -0.2) is 31.0 Å². The number of ether oxygens (including phenoxy) is 2. The molecule has 0 aliphatic carbocycles. The van der Waals surface area contributed by atoms with Gasteiger partial charge in [-0.2, -0.15) is 0 Å². The molecular formula is C19H20N2O3S. The molecule has 2 amide bonds. The summed E-state index contributed by atoms with van der Waals surface area (Å²) in [6, 6.07) is 13.4. The van der Waals surface area contributed by atoms with Gasteiger partial charge in [0.15, 0.2) is 11.5 Å². The third-order valence-electron chi connectivity index (χ3n) is 4.33. The van der Waals surface area contributed by atoms with Crippen LogP contribution >= 0.6 is 11.8 Å². The maximum absolute atomic E-state index is 12.9. The number of para-hydroxylation sites is 1. The van der Waals surface area contributed by atoms with Gasteiger partial charge in [-0.3, -0.25) is 4.90 Å². The van der Waals surface area contributed by atoms with Crippen LogP contribution in [-0.2, 0) is 0 Å². The minimum Gasteiger partial charge on any atom is -0.486 e. The number of carbonyl (C=O) groups is 1. The minimum absolute atomic E-state index is 0.122. The summed E-state index contributed by atoms with van der Waals surface area (Å²) in [5, 5.41) is 3.39. The van der Waals surface area contributed by atoms with Crippen molar-refractivity contribution in [2.75, 3.05) is 30.0 Å². The molecule has 0 saturated heterocycles. The molecule has 2 aromatic rings. The molecule has 0 bridgehead atoms. The lowest BCUT2D eigenvalue weighted by molar-refractivity contribution is 0.171. The van der Waals surface area contributed by atoms with E-state index in [2.05, 4.69) is 18.3 Å². The molecule has 130 valence electrons. The topological polar surface area (TPSA) is 50.8 Å². The highest BCUT2D eigenvalue weighted by atomic mass is 32.2. The van der Waals surface area contributed by atoms with Crippen LogP contribution in [0.1, 0.15) is 13.3 Å². The molecular weight excluding hydrogens is 336 g/mol. The van der Waals surface area contributed by atoms with Crippen molar-refractivity contribution in [1.82, 2.24) is 0 Å². The van der Waals surface area contributed by atoms with E-state index in [-0.39, 0.29) is 6.03 Å². The fraction of sp³-hybridized carbons (Fsp3) is 0.316. The first-order chi connectivity index (χ1) is 12.2. The summed E-state index contributed by atoms with van der Waals surface area (Å²) < 4.78 is 11.1. The summed E-state index contributed by atoms with van der Waals surface area (Å²) in [5.74, 6) is 1.39. The standard InChI is InChI=1S/C19H20N2O3S/c1-2-14-12-21(15-5-3-4-6-18(15)25-14)19(22)20-13-7-8-16-17(11-13)24-10-9-23-16/h3-8,11,14H,2,9-10,12H2,1H3,(H,20,22)/t14-/m0/s1. The quantitative estimate of drug-likeness (QED) is 0.867. The van der Waals surface area contributed by atoms with Crippen molar-refractivity contribution in [1.29, 1.82) is 0 Å². The fourth-order valence-electron chi connectivity index (χ4n) is 3.02. The molecule has 5 nitrogen and oxygen atoms in total. The predicted molar refractivity (Wildman–Crippen MR) is 100 cm³/mol. The van der Waals surface area contributed by atoms with Gasteiger partial charge in [0.25, 0.3) is 0 Å². The molecule has 0 fully saturated rings. The molecule has 2 aliphatic rings. The number of hydrogen-bond donors (Lipinski definition) is 1. The Morgan fingerprint density at radius 3 is 2.84 bits per heavy atom. The van der Waals surface area contributed by atoms with E-state index in [9.17, 15) is 4.79 Å². The van der Waals surface area contributed by atoms with Crippen LogP contribution in [0.3, 0.4) is 0 Å². The van der Waals surface area contributed by atoms with Crippen molar-refractivity contribution < 1.29 is 14.3 Å². The van der Waals surface area contributed by atoms with Crippen LogP contribution < -0.4 is 19.7 Å². The third kappa shape index (κ3) is 3.26. The Morgan fingerprint density at radius 2 is 2.00 bits per heavy atom. The molecule has 4 rings (SSSR count). The fourth-order valence-corrected chi connectivity index (χ4v) is 4.22. The van der Waals surface area contributed by atoms with E-state index >= 15 is 0 Å². The van der Waals surface area contributed by atoms with E-state index in [1.165, 1.54) is 0 Å². The molecule has 0 radical (unpaired) electrons. The number of nitrogens with zero attached hydrogens (tertiary/aromatic N) is 1. The van der Waals surface area contributed by atoms with Gasteiger partial charge in [0.2, 0.25) is 0 Å². The lowest BCUT2D eigenvalue weighted by atomic mass is 10.2. The molecule has 2 aromatic carbocycles. The second-order valence-electron chi connectivity index (χ2n) is 6.02. The smallest absolute Gasteiger partial charge is 0.326 e. The summed E-state index contributed by atoms with van der Waals surface area (Å²) >= 11 is 1.84. The lowest BCUT2D eigenvalue weighted by Crippen LogP contribution is -2.41. The van der Waals surface area contributed by atoms with Gasteiger partial charge in [0, 0.05) is 28.4 Å². The van der Waals surface area contributed by atoms with E-state index in [0.717, 1.165) is 22.8 Å². The Bertz CT molecular complexity index is 796. The van der Waals surface area contributed by atoms with Crippen molar-refractivity contribution in [3.8, 4) is 11.5 Å². The number of thioether (sulfide) groups is 1. The zero-order chi connectivity index (χ0) is 17.2. The Kier molecular flexibility index (Phi) is 4.44. The molecule has 0 saturated carbocycles. The highest BCUT2D eigenvalue weighted by Gasteiger charge is 2.28. The van der Waals surface area contributed by atoms with Crippen molar-refractivity contribution in [2.45, 2.75) is 23.5 Å². The highest BCUT2D eigenvalue weighted by molar-refractivity contribution is 8.00. The number of anilines is 2. The van der Waals surface area contributed by atoms with Crippen LogP contribution in [0.4, 0.5) is 16.2 Å². The van der Waals surface area contributed by atoms with Gasteiger partial charge in [0.1, 0.15) is 13.2 Å². The Labute approximate surface area is 151 Å². The highest BCUT2D eigenvalue weighted by Crippen LogP contribution is 2.40. The van der Waals surface area contributed by atoms with Crippen molar-refractivity contribution in [3.63, 3.8) is 0 Å². The van der Waals surface area contributed by atoms with Gasteiger partial charge in [-0.1, -0.05) is 19.1 Å². The molecule has 6 heteroatoms. The minimum atomic E-state index is -0.122. The van der Waals surface area contributed by atoms with Crippen LogP contribution in [0, 0.1) is 0 Å². The van der Waals surface area contributed by atoms with Gasteiger partial charge in [-0.15, -0.1) is 11.8 Å². The number of rotatable bonds is 2. The third-order valence-corrected chi connectivity index (χ3v) is 5.74. The van der Waals surface area contributed by atoms with E-state index in [0.29, 0.717) is 36.4 Å². The summed E-state index contributed by atoms with van der Waals surface area (Å²) in [6.45, 7) is 3.94. The van der Waals surface area contributed by atoms with Crippen LogP contribution in [0.25, 0.3) is 0 Å². The number of urea groups is 1. The molecule has 0 unspecified atom stereocenters. The monoisotopic (exact) mass is 356 g/mol. The predicted octanol–water partition coefficient (Wildman–Crippen LogP) is 4.38. The first-order valence-corrected chi connectivity index (χ1v) is 9.36. The molecule has 0 spiro atoms. The summed E-state index contributed by atoms with van der Waals surface area (Å²) in [7, 11) is 0. The van der Waals surface area contributed by atoms with Crippen molar-refractivity contribution in [3.05, 3.63) is 42.5 Å². The van der Waals surface area contributed by atoms with Gasteiger partial charge in [-0.25, -0.2) is 4.79 Å². The molecule has 2 heterocycles. The number of amides is 2. The van der Waals surface area contributed by atoms with Crippen LogP contribution in [0.5, 0.6) is 11.5 Å². The maximum Gasteiger partial charge on any atom is 0.326 e. The van der Waals surface area contributed by atoms with Crippen LogP contribution in [0.15, 0.2) is 47.4 Å². The van der Waals surface area contributed by atoms with Gasteiger partial charge in [0.05, 0.1) is 5.69 Å². The molecule has 1 atom stereocenters. The molecule has 0 aromatic heterocycles. The normalized spacial score (nSPS) is 18.4. The number of nitrogens with one attached hydrogen (secondary N) is 1. The van der Waals surface area contributed by atoms with E-state index in [1.54, 1.807) is 0 Å². The number of carbonyl (C=O) groups excluding carboxylic acids is 1. The van der Waals surface area contributed by atoms with Crippen molar-refractivity contribution in [2.24, 2.45) is 0 Å².